The van der Waals surface area contributed by atoms with Crippen molar-refractivity contribution < 1.29 is 0 Å². The number of anilines is 3. The summed E-state index contributed by atoms with van der Waals surface area (Å²) in [6.07, 6.45) is 0. The summed E-state index contributed by atoms with van der Waals surface area (Å²) >= 11 is 0. The fraction of sp³-hybridized carbons (Fsp3) is 0.0645. The topological polar surface area (TPSA) is 3.24 Å². The minimum absolute atomic E-state index is 0.242. The molecule has 10 aromatic rings. The molecule has 0 saturated carbocycles. The van der Waals surface area contributed by atoms with Crippen molar-refractivity contribution in [3.63, 3.8) is 0 Å². The van der Waals surface area contributed by atoms with Crippen molar-refractivity contribution >= 4 is 27.8 Å². The lowest BCUT2D eigenvalue weighted by Crippen LogP contribution is -2.28. The van der Waals surface area contributed by atoms with E-state index in [1.54, 1.807) is 0 Å². The third-order valence-corrected chi connectivity index (χ3v) is 13.9. The molecule has 63 heavy (non-hydrogen) atoms. The van der Waals surface area contributed by atoms with E-state index in [4.69, 9.17) is 0 Å². The molecule has 298 valence electrons. The second-order valence-corrected chi connectivity index (χ2v) is 17.6. The standard InChI is InChI=1S/C62H45N/c1-61(2)55-38-33-45(43-21-9-4-10-22-43)39-54(55)59-58(40-46-23-15-16-28-51(46)60(59)61)63(49-34-31-44(32-35-49)42-19-7-3-8-20-42)50-36-37-53-52-29-17-18-30-56(52)62(57(53)41-50,47-24-11-5-12-25-47)48-26-13-6-14-27-48/h3-41H,1-2H3. The molecule has 0 radical (unpaired) electrons. The highest BCUT2D eigenvalue weighted by Crippen LogP contribution is 2.60. The predicted molar refractivity (Wildman–Crippen MR) is 264 cm³/mol. The molecule has 1 heteroatoms. The van der Waals surface area contributed by atoms with E-state index in [1.807, 2.05) is 0 Å². The highest BCUT2D eigenvalue weighted by atomic mass is 15.1. The van der Waals surface area contributed by atoms with Gasteiger partial charge < -0.3 is 4.90 Å². The zero-order valence-corrected chi connectivity index (χ0v) is 35.5. The van der Waals surface area contributed by atoms with Gasteiger partial charge in [0.05, 0.1) is 11.1 Å². The van der Waals surface area contributed by atoms with E-state index in [2.05, 4.69) is 255 Å². The summed E-state index contributed by atoms with van der Waals surface area (Å²) in [6, 6.07) is 87.8. The summed E-state index contributed by atoms with van der Waals surface area (Å²) in [5, 5.41) is 2.53. The summed E-state index contributed by atoms with van der Waals surface area (Å²) in [5.74, 6) is 0. The van der Waals surface area contributed by atoms with Gasteiger partial charge in [-0.05, 0) is 119 Å². The molecule has 0 atom stereocenters. The number of fused-ring (bicyclic) bond motifs is 8. The average Bonchev–Trinajstić information content (AvgIpc) is 3.78. The lowest BCUT2D eigenvalue weighted by Gasteiger charge is -2.35. The van der Waals surface area contributed by atoms with Gasteiger partial charge >= 0.3 is 0 Å². The fourth-order valence-electron chi connectivity index (χ4n) is 11.1. The zero-order chi connectivity index (χ0) is 42.1. The summed E-state index contributed by atoms with van der Waals surface area (Å²) < 4.78 is 0. The number of benzene rings is 10. The molecule has 2 aliphatic carbocycles. The highest BCUT2D eigenvalue weighted by Gasteiger charge is 2.47. The molecule has 0 amide bonds. The van der Waals surface area contributed by atoms with Crippen molar-refractivity contribution in [2.75, 3.05) is 4.90 Å². The molecular formula is C62H45N. The first-order chi connectivity index (χ1) is 31.0. The molecule has 0 aromatic heterocycles. The van der Waals surface area contributed by atoms with Gasteiger partial charge in [-0.15, -0.1) is 0 Å². The van der Waals surface area contributed by atoms with Gasteiger partial charge in [0.1, 0.15) is 0 Å². The Morgan fingerprint density at radius 2 is 0.873 bits per heavy atom. The second kappa shape index (κ2) is 14.4. The first-order valence-electron chi connectivity index (χ1n) is 22.1. The molecule has 0 heterocycles. The Hall–Kier alpha value is -7.74. The number of nitrogens with zero attached hydrogens (tertiary/aromatic N) is 1. The van der Waals surface area contributed by atoms with Gasteiger partial charge in [0.15, 0.2) is 0 Å². The van der Waals surface area contributed by atoms with Gasteiger partial charge in [0, 0.05) is 22.4 Å². The van der Waals surface area contributed by atoms with Crippen LogP contribution in [0.15, 0.2) is 237 Å². The SMILES string of the molecule is CC1(C)c2ccc(-c3ccccc3)cc2-c2c(N(c3ccc(-c4ccccc4)cc3)c3ccc4c(c3)C(c3ccccc3)(c3ccccc3)c3ccccc3-4)cc3ccccc3c21. The maximum absolute atomic E-state index is 2.55. The van der Waals surface area contributed by atoms with Crippen molar-refractivity contribution in [2.24, 2.45) is 0 Å². The zero-order valence-electron chi connectivity index (χ0n) is 35.5. The lowest BCUT2D eigenvalue weighted by atomic mass is 9.67. The van der Waals surface area contributed by atoms with Crippen LogP contribution < -0.4 is 4.90 Å². The van der Waals surface area contributed by atoms with Gasteiger partial charge in [-0.1, -0.05) is 214 Å². The minimum atomic E-state index is -0.530. The first kappa shape index (κ1) is 37.1. The summed E-state index contributed by atoms with van der Waals surface area (Å²) in [5.41, 5.74) is 20.4. The van der Waals surface area contributed by atoms with Gasteiger partial charge in [-0.2, -0.15) is 0 Å². The highest BCUT2D eigenvalue weighted by molar-refractivity contribution is 6.07. The molecule has 0 N–H and O–H groups in total. The molecule has 0 spiro atoms. The van der Waals surface area contributed by atoms with Crippen LogP contribution in [-0.4, -0.2) is 0 Å². The Bertz CT molecular complexity index is 3290. The van der Waals surface area contributed by atoms with Gasteiger partial charge in [0.2, 0.25) is 0 Å². The van der Waals surface area contributed by atoms with Gasteiger partial charge in [0.25, 0.3) is 0 Å². The Morgan fingerprint density at radius 1 is 0.349 bits per heavy atom. The average molecular weight is 804 g/mol. The van der Waals surface area contributed by atoms with E-state index in [9.17, 15) is 0 Å². The van der Waals surface area contributed by atoms with Crippen LogP contribution in [0.2, 0.25) is 0 Å². The number of rotatable bonds is 7. The third-order valence-electron chi connectivity index (χ3n) is 13.9. The Morgan fingerprint density at radius 3 is 1.56 bits per heavy atom. The third kappa shape index (κ3) is 5.63. The maximum atomic E-state index is 2.55. The molecule has 1 nitrogen and oxygen atoms in total. The first-order valence-corrected chi connectivity index (χ1v) is 22.1. The molecule has 0 aliphatic heterocycles. The van der Waals surface area contributed by atoms with Crippen LogP contribution in [0.25, 0.3) is 55.3 Å². The van der Waals surface area contributed by atoms with Crippen LogP contribution in [0.4, 0.5) is 17.1 Å². The quantitative estimate of drug-likeness (QED) is 0.155. The molecule has 0 saturated heterocycles. The minimum Gasteiger partial charge on any atom is -0.310 e. The Balaban J connectivity index is 1.17. The molecule has 0 fully saturated rings. The maximum Gasteiger partial charge on any atom is 0.0714 e. The van der Waals surface area contributed by atoms with E-state index in [1.165, 1.54) is 94.3 Å². The molecule has 0 bridgehead atoms. The van der Waals surface area contributed by atoms with Crippen LogP contribution in [0.1, 0.15) is 47.2 Å². The largest absolute Gasteiger partial charge is 0.310 e. The lowest BCUT2D eigenvalue weighted by molar-refractivity contribution is 0.666. The molecular weight excluding hydrogens is 759 g/mol. The molecule has 2 aliphatic rings. The van der Waals surface area contributed by atoms with Crippen LogP contribution in [-0.2, 0) is 10.8 Å². The normalized spacial score (nSPS) is 13.8. The van der Waals surface area contributed by atoms with Crippen molar-refractivity contribution in [3.8, 4) is 44.5 Å². The van der Waals surface area contributed by atoms with Crippen molar-refractivity contribution in [2.45, 2.75) is 24.7 Å². The summed E-state index contributed by atoms with van der Waals surface area (Å²) in [7, 11) is 0. The van der Waals surface area contributed by atoms with Crippen molar-refractivity contribution in [1.29, 1.82) is 0 Å². The van der Waals surface area contributed by atoms with Gasteiger partial charge in [-0.25, -0.2) is 0 Å². The van der Waals surface area contributed by atoms with E-state index < -0.39 is 5.41 Å². The Labute approximate surface area is 370 Å². The molecule has 12 rings (SSSR count). The molecule has 10 aromatic carbocycles. The van der Waals surface area contributed by atoms with Crippen molar-refractivity contribution in [1.82, 2.24) is 0 Å². The second-order valence-electron chi connectivity index (χ2n) is 17.6. The summed E-state index contributed by atoms with van der Waals surface area (Å²) in [6.45, 7) is 4.82. The smallest absolute Gasteiger partial charge is 0.0714 e. The van der Waals surface area contributed by atoms with Crippen LogP contribution >= 0.6 is 0 Å². The fourth-order valence-corrected chi connectivity index (χ4v) is 11.1. The summed E-state index contributed by atoms with van der Waals surface area (Å²) in [4.78, 5) is 2.55. The van der Waals surface area contributed by atoms with Crippen LogP contribution in [0.5, 0.6) is 0 Å². The van der Waals surface area contributed by atoms with Crippen molar-refractivity contribution in [3.05, 3.63) is 270 Å². The van der Waals surface area contributed by atoms with E-state index in [0.717, 1.165) is 11.4 Å². The van der Waals surface area contributed by atoms with Crippen LogP contribution in [0.3, 0.4) is 0 Å². The van der Waals surface area contributed by atoms with Crippen LogP contribution in [0, 0.1) is 0 Å². The van der Waals surface area contributed by atoms with Gasteiger partial charge in [-0.3, -0.25) is 0 Å². The molecule has 0 unspecified atom stereocenters. The van der Waals surface area contributed by atoms with E-state index >= 15 is 0 Å². The monoisotopic (exact) mass is 803 g/mol. The Kier molecular flexibility index (Phi) is 8.49. The number of hydrogen-bond donors (Lipinski definition) is 0. The predicted octanol–water partition coefficient (Wildman–Crippen LogP) is 16.3. The van der Waals surface area contributed by atoms with E-state index in [0.29, 0.717) is 0 Å². The van der Waals surface area contributed by atoms with E-state index in [-0.39, 0.29) is 5.41 Å². The number of hydrogen-bond acceptors (Lipinski definition) is 1.